The fraction of sp³-hybridized carbons (Fsp3) is 0.824. The number of nitrogens with two attached hydrogens (primary N) is 1. The summed E-state index contributed by atoms with van der Waals surface area (Å²) in [5.41, 5.74) is 5.96. The Kier molecular flexibility index (Phi) is 8.16. The Balaban J connectivity index is 0.00000156. The maximum absolute atomic E-state index is 12.7. The molecule has 0 spiro atoms. The minimum atomic E-state index is -0.399. The van der Waals surface area contributed by atoms with E-state index in [1.807, 2.05) is 13.8 Å². The van der Waals surface area contributed by atoms with Gasteiger partial charge in [-0.3, -0.25) is 4.79 Å². The summed E-state index contributed by atoms with van der Waals surface area (Å²) >= 11 is 0. The molecular formula is C17H31Cl2N5O. The van der Waals surface area contributed by atoms with Crippen LogP contribution in [0, 0.1) is 5.92 Å². The Hall–Kier alpha value is -0.850. The van der Waals surface area contributed by atoms with Gasteiger partial charge in [0.05, 0.1) is 12.0 Å². The molecule has 1 aromatic heterocycles. The van der Waals surface area contributed by atoms with Gasteiger partial charge in [0, 0.05) is 18.5 Å². The lowest BCUT2D eigenvalue weighted by Gasteiger charge is -2.37. The number of hydrogen-bond acceptors (Lipinski definition) is 4. The molecule has 1 saturated carbocycles. The van der Waals surface area contributed by atoms with E-state index in [2.05, 4.69) is 20.1 Å². The van der Waals surface area contributed by atoms with Gasteiger partial charge >= 0.3 is 0 Å². The van der Waals surface area contributed by atoms with Crippen molar-refractivity contribution in [2.75, 3.05) is 0 Å². The average molecular weight is 392 g/mol. The number of nitrogens with zero attached hydrogens (tertiary/aromatic N) is 3. The molecule has 0 aromatic carbocycles. The van der Waals surface area contributed by atoms with Crippen molar-refractivity contribution in [2.24, 2.45) is 11.7 Å². The van der Waals surface area contributed by atoms with Crippen molar-refractivity contribution in [3.05, 3.63) is 11.6 Å². The van der Waals surface area contributed by atoms with Crippen LogP contribution in [0.4, 0.5) is 0 Å². The molecule has 2 unspecified atom stereocenters. The highest BCUT2D eigenvalue weighted by molar-refractivity contribution is 5.85. The molecule has 1 aliphatic heterocycles. The van der Waals surface area contributed by atoms with Crippen LogP contribution in [-0.4, -0.2) is 26.2 Å². The third-order valence-electron chi connectivity index (χ3n) is 5.45. The van der Waals surface area contributed by atoms with E-state index in [1.165, 1.54) is 12.8 Å². The first-order valence-corrected chi connectivity index (χ1v) is 9.00. The molecule has 3 atom stereocenters. The lowest BCUT2D eigenvalue weighted by Crippen LogP contribution is -2.53. The number of halogens is 2. The second-order valence-electron chi connectivity index (χ2n) is 7.47. The number of carbonyl (C=O) groups excluding carboxylic acids is 1. The fourth-order valence-corrected chi connectivity index (χ4v) is 4.00. The van der Waals surface area contributed by atoms with E-state index in [0.717, 1.165) is 56.7 Å². The molecule has 8 heteroatoms. The van der Waals surface area contributed by atoms with Crippen LogP contribution in [0.15, 0.2) is 0 Å². The molecule has 0 radical (unpaired) electrons. The summed E-state index contributed by atoms with van der Waals surface area (Å²) in [7, 11) is 0. The molecule has 3 rings (SSSR count). The minimum absolute atomic E-state index is 0. The van der Waals surface area contributed by atoms with Crippen LogP contribution in [0.2, 0.25) is 0 Å². The van der Waals surface area contributed by atoms with Crippen molar-refractivity contribution in [1.29, 1.82) is 0 Å². The van der Waals surface area contributed by atoms with Gasteiger partial charge in [0.2, 0.25) is 5.91 Å². The van der Waals surface area contributed by atoms with E-state index >= 15 is 0 Å². The van der Waals surface area contributed by atoms with E-state index in [4.69, 9.17) is 5.73 Å². The van der Waals surface area contributed by atoms with Crippen LogP contribution in [0.3, 0.4) is 0 Å². The predicted molar refractivity (Wildman–Crippen MR) is 103 cm³/mol. The number of aromatic nitrogens is 3. The lowest BCUT2D eigenvalue weighted by molar-refractivity contribution is -0.128. The Bertz CT molecular complexity index is 575. The maximum Gasteiger partial charge on any atom is 0.225 e. The highest BCUT2D eigenvalue weighted by Crippen LogP contribution is 2.32. The van der Waals surface area contributed by atoms with Gasteiger partial charge in [-0.1, -0.05) is 19.3 Å². The molecule has 2 heterocycles. The van der Waals surface area contributed by atoms with Gasteiger partial charge in [-0.2, -0.15) is 0 Å². The van der Waals surface area contributed by atoms with Crippen molar-refractivity contribution in [2.45, 2.75) is 83.3 Å². The zero-order chi connectivity index (χ0) is 16.4. The zero-order valence-corrected chi connectivity index (χ0v) is 16.8. The van der Waals surface area contributed by atoms with Crippen LogP contribution in [-0.2, 0) is 17.8 Å². The summed E-state index contributed by atoms with van der Waals surface area (Å²) in [6.45, 7) is 4.96. The van der Waals surface area contributed by atoms with Crippen molar-refractivity contribution < 1.29 is 4.79 Å². The van der Waals surface area contributed by atoms with Gasteiger partial charge in [-0.25, -0.2) is 0 Å². The quantitative estimate of drug-likeness (QED) is 0.828. The molecule has 0 bridgehead atoms. The summed E-state index contributed by atoms with van der Waals surface area (Å²) in [5, 5.41) is 11.8. The topological polar surface area (TPSA) is 85.8 Å². The van der Waals surface area contributed by atoms with Crippen LogP contribution < -0.4 is 11.1 Å². The molecule has 1 aliphatic carbocycles. The van der Waals surface area contributed by atoms with Gasteiger partial charge in [0.15, 0.2) is 5.82 Å². The highest BCUT2D eigenvalue weighted by Gasteiger charge is 2.38. The van der Waals surface area contributed by atoms with Gasteiger partial charge in [0.1, 0.15) is 5.82 Å². The molecular weight excluding hydrogens is 361 g/mol. The minimum Gasteiger partial charge on any atom is -0.346 e. The monoisotopic (exact) mass is 391 g/mol. The predicted octanol–water partition coefficient (Wildman–Crippen LogP) is 2.93. The van der Waals surface area contributed by atoms with E-state index in [-0.39, 0.29) is 42.7 Å². The maximum atomic E-state index is 12.7. The SMILES string of the molecule is C[C@@H](NC(=O)C1CCCCC1(C)N)c1nnc2n1CCCCC2.Cl.Cl. The van der Waals surface area contributed by atoms with Crippen LogP contribution in [0.5, 0.6) is 0 Å². The summed E-state index contributed by atoms with van der Waals surface area (Å²) in [4.78, 5) is 12.7. The summed E-state index contributed by atoms with van der Waals surface area (Å²) in [6.07, 6.45) is 8.54. The summed E-state index contributed by atoms with van der Waals surface area (Å²) in [6, 6.07) is -0.125. The number of hydrogen-bond donors (Lipinski definition) is 2. The molecule has 1 aromatic rings. The second-order valence-corrected chi connectivity index (χ2v) is 7.47. The van der Waals surface area contributed by atoms with Crippen molar-refractivity contribution in [1.82, 2.24) is 20.1 Å². The number of carbonyl (C=O) groups is 1. The van der Waals surface area contributed by atoms with Gasteiger partial charge in [0.25, 0.3) is 0 Å². The van der Waals surface area contributed by atoms with Crippen LogP contribution in [0.1, 0.15) is 76.5 Å². The highest BCUT2D eigenvalue weighted by atomic mass is 35.5. The van der Waals surface area contributed by atoms with E-state index in [1.54, 1.807) is 0 Å². The first-order valence-electron chi connectivity index (χ1n) is 9.00. The normalized spacial score (nSPS) is 27.1. The Morgan fingerprint density at radius 2 is 2.00 bits per heavy atom. The number of fused-ring (bicyclic) bond motifs is 1. The van der Waals surface area contributed by atoms with E-state index in [0.29, 0.717) is 0 Å². The average Bonchev–Trinajstić information content (AvgIpc) is 2.76. The second kappa shape index (κ2) is 9.19. The molecule has 144 valence electrons. The van der Waals surface area contributed by atoms with Gasteiger partial charge < -0.3 is 15.6 Å². The number of aryl methyl sites for hydroxylation is 1. The third-order valence-corrected chi connectivity index (χ3v) is 5.45. The Labute approximate surface area is 162 Å². The summed E-state index contributed by atoms with van der Waals surface area (Å²) < 4.78 is 2.19. The summed E-state index contributed by atoms with van der Waals surface area (Å²) in [5.74, 6) is 1.89. The number of nitrogens with one attached hydrogen (secondary N) is 1. The largest absolute Gasteiger partial charge is 0.346 e. The molecule has 3 N–H and O–H groups in total. The first kappa shape index (κ1) is 22.2. The number of amides is 1. The molecule has 0 saturated heterocycles. The van der Waals surface area contributed by atoms with E-state index in [9.17, 15) is 4.79 Å². The third kappa shape index (κ3) is 4.86. The van der Waals surface area contributed by atoms with Crippen molar-refractivity contribution in [3.63, 3.8) is 0 Å². The first-order chi connectivity index (χ1) is 11.0. The van der Waals surface area contributed by atoms with Crippen molar-refractivity contribution >= 4 is 30.7 Å². The molecule has 6 nitrogen and oxygen atoms in total. The lowest BCUT2D eigenvalue weighted by atomic mass is 9.74. The Morgan fingerprint density at radius 1 is 1.24 bits per heavy atom. The van der Waals surface area contributed by atoms with Crippen LogP contribution >= 0.6 is 24.8 Å². The zero-order valence-electron chi connectivity index (χ0n) is 15.2. The van der Waals surface area contributed by atoms with Gasteiger partial charge in [-0.15, -0.1) is 35.0 Å². The van der Waals surface area contributed by atoms with Gasteiger partial charge in [-0.05, 0) is 39.5 Å². The molecule has 1 fully saturated rings. The van der Waals surface area contributed by atoms with Crippen LogP contribution in [0.25, 0.3) is 0 Å². The molecule has 1 amide bonds. The standard InChI is InChI=1S/C17H29N5O.2ClH/c1-12(15-21-20-14-9-4-3-7-11-22(14)15)19-16(23)13-8-5-6-10-17(13,2)18;;/h12-13H,3-11,18H2,1-2H3,(H,19,23);2*1H/t12-,13?,17?;;/m1../s1. The smallest absolute Gasteiger partial charge is 0.225 e. The fourth-order valence-electron chi connectivity index (χ4n) is 4.00. The molecule has 25 heavy (non-hydrogen) atoms. The van der Waals surface area contributed by atoms with Crippen molar-refractivity contribution in [3.8, 4) is 0 Å². The Morgan fingerprint density at radius 3 is 2.72 bits per heavy atom. The van der Waals surface area contributed by atoms with E-state index < -0.39 is 5.54 Å². The molecule has 2 aliphatic rings. The number of rotatable bonds is 3.